The largest absolute Gasteiger partial charge is 0.449 e. The summed E-state index contributed by atoms with van der Waals surface area (Å²) in [4.78, 5) is 27.3. The van der Waals surface area contributed by atoms with Gasteiger partial charge in [0.2, 0.25) is 0 Å². The van der Waals surface area contributed by atoms with Gasteiger partial charge in [0.1, 0.15) is 0 Å². The number of allylic oxidation sites excluding steroid dienone is 8. The molecule has 0 rings (SSSR count). The van der Waals surface area contributed by atoms with Crippen molar-refractivity contribution in [3.05, 3.63) is 48.6 Å². The molecule has 59 heavy (non-hydrogen) atoms. The van der Waals surface area contributed by atoms with E-state index >= 15 is 0 Å². The summed E-state index contributed by atoms with van der Waals surface area (Å²) < 4.78 is 6.27. The summed E-state index contributed by atoms with van der Waals surface area (Å²) >= 11 is 5.24. The number of hydrogen-bond donors (Lipinski definition) is 5. The lowest BCUT2D eigenvalue weighted by atomic mass is 9.88. The van der Waals surface area contributed by atoms with E-state index in [0.29, 0.717) is 37.5 Å². The highest BCUT2D eigenvalue weighted by atomic mass is 32.1. The van der Waals surface area contributed by atoms with Crippen LogP contribution in [0.3, 0.4) is 0 Å². The molecule has 342 valence electrons. The lowest BCUT2D eigenvalue weighted by Gasteiger charge is -2.33. The number of carbonyl (C=O) groups excluding carboxylic acids is 2. The molecule has 1 unspecified atom stereocenters. The van der Waals surface area contributed by atoms with Crippen LogP contribution in [0.15, 0.2) is 48.6 Å². The number of unbranched alkanes of at least 4 members (excludes halogenated alkanes) is 19. The number of rotatable bonds is 42. The molecule has 0 aliphatic carbocycles. The van der Waals surface area contributed by atoms with Crippen LogP contribution in [0.4, 0.5) is 0 Å². The van der Waals surface area contributed by atoms with Crippen LogP contribution in [0.5, 0.6) is 0 Å². The number of carbonyl (C=O) groups is 2. The van der Waals surface area contributed by atoms with E-state index in [1.807, 2.05) is 0 Å². The lowest BCUT2D eigenvalue weighted by molar-refractivity contribution is -0.171. The van der Waals surface area contributed by atoms with Crippen LogP contribution in [0.25, 0.3) is 0 Å². The van der Waals surface area contributed by atoms with Gasteiger partial charge in [-0.05, 0) is 115 Å². The van der Waals surface area contributed by atoms with Gasteiger partial charge in [-0.25, -0.2) is 0 Å². The molecule has 9 heteroatoms. The van der Waals surface area contributed by atoms with E-state index in [0.717, 1.165) is 77.0 Å². The Morgan fingerprint density at radius 2 is 0.983 bits per heavy atom. The highest BCUT2D eigenvalue weighted by Gasteiger charge is 2.41. The minimum Gasteiger partial charge on any atom is -0.449 e. The van der Waals surface area contributed by atoms with Crippen molar-refractivity contribution in [1.29, 1.82) is 0 Å². The van der Waals surface area contributed by atoms with Crippen LogP contribution in [-0.2, 0) is 14.3 Å². The van der Waals surface area contributed by atoms with Gasteiger partial charge < -0.3 is 30.9 Å². The van der Waals surface area contributed by atoms with Crippen molar-refractivity contribution >= 4 is 29.2 Å². The summed E-state index contributed by atoms with van der Waals surface area (Å²) in [6, 6.07) is 0. The average molecular weight is 846 g/mol. The number of ether oxygens (including phenoxy) is 1. The predicted octanol–water partition coefficient (Wildman–Crippen LogP) is 12.2. The Kier molecular flexibility index (Phi) is 41.8. The molecule has 0 radical (unpaired) electrons. The monoisotopic (exact) mass is 846 g/mol. The van der Waals surface area contributed by atoms with Crippen molar-refractivity contribution in [1.82, 2.24) is 16.0 Å². The first-order valence-electron chi connectivity index (χ1n) is 24.3. The average Bonchev–Trinajstić information content (AvgIpc) is 3.23. The summed E-state index contributed by atoms with van der Waals surface area (Å²) in [7, 11) is 0. The number of thiocarbonyl (C=S) groups is 1. The van der Waals surface area contributed by atoms with Gasteiger partial charge in [0.15, 0.2) is 10.7 Å². The molecule has 0 heterocycles. The quantitative estimate of drug-likeness (QED) is 0.0178. The van der Waals surface area contributed by atoms with Gasteiger partial charge in [-0.2, -0.15) is 0 Å². The summed E-state index contributed by atoms with van der Waals surface area (Å²) in [5.41, 5.74) is -1.15. The van der Waals surface area contributed by atoms with Crippen molar-refractivity contribution in [3.63, 3.8) is 0 Å². The minimum atomic E-state index is -1.15. The molecule has 1 amide bonds. The van der Waals surface area contributed by atoms with E-state index in [9.17, 15) is 14.7 Å². The molecule has 5 N–H and O–H groups in total. The van der Waals surface area contributed by atoms with Crippen LogP contribution in [0.2, 0.25) is 0 Å². The smallest absolute Gasteiger partial charge is 0.306 e. The fraction of sp³-hybridized carbons (Fsp3) is 0.780. The van der Waals surface area contributed by atoms with Crippen LogP contribution < -0.4 is 16.0 Å². The maximum absolute atomic E-state index is 13.9. The summed E-state index contributed by atoms with van der Waals surface area (Å²) in [6.07, 6.45) is 48.7. The van der Waals surface area contributed by atoms with Gasteiger partial charge in [0, 0.05) is 26.1 Å². The minimum absolute atomic E-state index is 0.142. The molecule has 0 aliphatic heterocycles. The second-order valence-electron chi connectivity index (χ2n) is 16.3. The topological polar surface area (TPSA) is 120 Å². The van der Waals surface area contributed by atoms with Gasteiger partial charge >= 0.3 is 5.97 Å². The fourth-order valence-corrected chi connectivity index (χ4v) is 7.06. The number of esters is 1. The molecule has 0 spiro atoms. The Morgan fingerprint density at radius 1 is 0.559 bits per heavy atom. The molecule has 0 aromatic carbocycles. The normalized spacial score (nSPS) is 12.6. The molecular formula is C50H91N3O5S. The maximum Gasteiger partial charge on any atom is 0.306 e. The number of aliphatic hydroxyl groups is 2. The highest BCUT2D eigenvalue weighted by Crippen LogP contribution is 2.29. The first-order valence-corrected chi connectivity index (χ1v) is 24.7. The van der Waals surface area contributed by atoms with Crippen LogP contribution in [-0.4, -0.2) is 65.1 Å². The van der Waals surface area contributed by atoms with Crippen LogP contribution >= 0.6 is 12.2 Å². The number of hydrogen-bond acceptors (Lipinski definition) is 6. The molecule has 0 bridgehead atoms. The van der Waals surface area contributed by atoms with Crippen LogP contribution in [0, 0.1) is 0 Å². The summed E-state index contributed by atoms with van der Waals surface area (Å²) in [5.74, 6) is -0.498. The van der Waals surface area contributed by atoms with Gasteiger partial charge in [-0.3, -0.25) is 9.59 Å². The lowest BCUT2D eigenvalue weighted by Crippen LogP contribution is -2.50. The van der Waals surface area contributed by atoms with Gasteiger partial charge in [-0.1, -0.05) is 153 Å². The maximum atomic E-state index is 13.9. The Balaban J connectivity index is 5.08. The third-order valence-electron chi connectivity index (χ3n) is 10.7. The van der Waals surface area contributed by atoms with Crippen molar-refractivity contribution in [3.8, 4) is 0 Å². The molecule has 0 saturated carbocycles. The summed E-state index contributed by atoms with van der Waals surface area (Å²) in [5, 5.41) is 27.9. The van der Waals surface area contributed by atoms with Crippen molar-refractivity contribution < 1.29 is 24.5 Å². The molecule has 0 saturated heterocycles. The Bertz CT molecular complexity index is 1060. The molecule has 0 aliphatic rings. The zero-order valence-corrected chi connectivity index (χ0v) is 39.1. The molecule has 0 aromatic heterocycles. The van der Waals surface area contributed by atoms with E-state index in [2.05, 4.69) is 85.3 Å². The first kappa shape index (κ1) is 56.5. The van der Waals surface area contributed by atoms with E-state index in [-0.39, 0.29) is 31.4 Å². The highest BCUT2D eigenvalue weighted by molar-refractivity contribution is 7.80. The van der Waals surface area contributed by atoms with Crippen LogP contribution in [0.1, 0.15) is 213 Å². The Hall–Kier alpha value is -2.49. The van der Waals surface area contributed by atoms with Crippen molar-refractivity contribution in [2.45, 2.75) is 225 Å². The van der Waals surface area contributed by atoms with E-state index in [4.69, 9.17) is 22.1 Å². The second kappa shape index (κ2) is 43.6. The number of aliphatic hydroxyl groups excluding tert-OH is 2. The van der Waals surface area contributed by atoms with Crippen molar-refractivity contribution in [2.75, 3.05) is 26.2 Å². The number of nitrogens with one attached hydrogen (secondary N) is 3. The zero-order valence-electron chi connectivity index (χ0n) is 38.3. The molecule has 8 nitrogen and oxygen atoms in total. The Labute approximate surface area is 368 Å². The predicted molar refractivity (Wildman–Crippen MR) is 256 cm³/mol. The fourth-order valence-electron chi connectivity index (χ4n) is 6.88. The zero-order chi connectivity index (χ0) is 43.3. The molecule has 0 fully saturated rings. The van der Waals surface area contributed by atoms with E-state index in [1.165, 1.54) is 89.9 Å². The number of amides is 1. The first-order chi connectivity index (χ1) is 28.8. The van der Waals surface area contributed by atoms with Gasteiger partial charge in [0.05, 0.1) is 12.7 Å². The van der Waals surface area contributed by atoms with E-state index in [1.54, 1.807) is 0 Å². The van der Waals surface area contributed by atoms with E-state index < -0.39 is 11.7 Å². The summed E-state index contributed by atoms with van der Waals surface area (Å²) in [6.45, 7) is 7.42. The standard InChI is InChI=1S/C50H91N3O5S/c1-4-7-10-12-14-16-18-20-22-24-26-28-30-32-34-36-40-50(48(57)51-42-9-6-3,58-47(56)39-38-43-52-49(59)53-44-46(55)45-54)41-37-35-33-31-29-27-25-23-21-19-17-15-13-11-8-5-2/h14-17,20-23,46,54-55H,4-13,18-19,24-45H2,1-3H3,(H,51,57)(H2,52,53,59)/b16-14-,17-15-,22-20-,23-21-. The molecule has 0 aromatic rings. The molecule has 1 atom stereocenters. The Morgan fingerprint density at radius 3 is 1.44 bits per heavy atom. The third kappa shape index (κ3) is 37.0. The van der Waals surface area contributed by atoms with Gasteiger partial charge in [-0.15, -0.1) is 0 Å². The third-order valence-corrected chi connectivity index (χ3v) is 10.9. The second-order valence-corrected chi connectivity index (χ2v) is 16.7. The van der Waals surface area contributed by atoms with Gasteiger partial charge in [0.25, 0.3) is 5.91 Å². The SMILES string of the molecule is CCCCC/C=C\C/C=C\CCCCCCCCC(CCCCCCCC/C=C\C/C=C\CCCCC)(OC(=O)CCCNC(=S)NCC(O)CO)C(=O)NCCCC. The molecular weight excluding hydrogens is 755 g/mol. The van der Waals surface area contributed by atoms with Crippen molar-refractivity contribution in [2.24, 2.45) is 0 Å².